The fourth-order valence-electron chi connectivity index (χ4n) is 0. The molecular formula is C9H24. The van der Waals surface area contributed by atoms with E-state index >= 15 is 0 Å². The summed E-state index contributed by atoms with van der Waals surface area (Å²) in [5, 5.41) is 0. The Morgan fingerprint density at radius 2 is 0.778 bits per heavy atom. The highest BCUT2D eigenvalue weighted by molar-refractivity contribution is 4.46. The third-order valence-corrected chi connectivity index (χ3v) is 1.33. The second kappa shape index (κ2) is 10.9. The monoisotopic (exact) mass is 132 g/mol. The zero-order chi connectivity index (χ0) is 7.15. The van der Waals surface area contributed by atoms with Gasteiger partial charge in [-0.05, 0) is 11.8 Å². The Labute approximate surface area is 61.7 Å². The van der Waals surface area contributed by atoms with Gasteiger partial charge in [0.25, 0.3) is 0 Å². The van der Waals surface area contributed by atoms with E-state index < -0.39 is 0 Å². The molecule has 0 rings (SSSR count). The molecule has 0 heterocycles. The van der Waals surface area contributed by atoms with Gasteiger partial charge in [0.05, 0.1) is 0 Å². The molecule has 9 heavy (non-hydrogen) atoms. The summed E-state index contributed by atoms with van der Waals surface area (Å²) in [7, 11) is 0. The quantitative estimate of drug-likeness (QED) is 0.506. The van der Waals surface area contributed by atoms with Crippen LogP contribution < -0.4 is 0 Å². The minimum atomic E-state index is 0. The lowest BCUT2D eigenvalue weighted by Crippen LogP contribution is -1.95. The molecule has 0 nitrogen and oxygen atoms in total. The summed E-state index contributed by atoms with van der Waals surface area (Å²) in [6.07, 6.45) is 0. The van der Waals surface area contributed by atoms with Crippen LogP contribution in [0.2, 0.25) is 0 Å². The van der Waals surface area contributed by atoms with E-state index in [2.05, 4.69) is 27.7 Å². The average Bonchev–Trinajstić information content (AvgIpc) is 1.72. The number of hydrogen-bond acceptors (Lipinski definition) is 0. The zero-order valence-electron chi connectivity index (χ0n) is 7.15. The van der Waals surface area contributed by atoms with Gasteiger partial charge in [0.15, 0.2) is 0 Å². The van der Waals surface area contributed by atoms with E-state index in [0.717, 1.165) is 11.8 Å². The Hall–Kier alpha value is 0. The standard InChI is InChI=1S/C6H14.C2H6.CH4/c1-5(2)6(3)4;1-2;/h5-6H,1-4H3;1-2H3;1H4. The lowest BCUT2D eigenvalue weighted by Gasteiger charge is -2.05. The van der Waals surface area contributed by atoms with Crippen molar-refractivity contribution in [3.8, 4) is 0 Å². The molecule has 0 aliphatic rings. The van der Waals surface area contributed by atoms with Crippen molar-refractivity contribution in [1.29, 1.82) is 0 Å². The lowest BCUT2D eigenvalue weighted by molar-refractivity contribution is 0.457. The van der Waals surface area contributed by atoms with Crippen LogP contribution in [0.15, 0.2) is 0 Å². The summed E-state index contributed by atoms with van der Waals surface area (Å²) in [5.74, 6) is 1.70. The fourth-order valence-corrected chi connectivity index (χ4v) is 0. The van der Waals surface area contributed by atoms with Gasteiger partial charge in [0, 0.05) is 0 Å². The van der Waals surface area contributed by atoms with Crippen molar-refractivity contribution in [2.24, 2.45) is 11.8 Å². The summed E-state index contributed by atoms with van der Waals surface area (Å²) in [4.78, 5) is 0. The molecule has 0 N–H and O–H groups in total. The van der Waals surface area contributed by atoms with Crippen LogP contribution in [-0.2, 0) is 0 Å². The SMILES string of the molecule is C.CC.CC(C)C(C)C. The Kier molecular flexibility index (Phi) is 19.4. The molecule has 0 aliphatic carbocycles. The smallest absolute Gasteiger partial charge is 0.0448 e. The summed E-state index contributed by atoms with van der Waals surface area (Å²) >= 11 is 0. The summed E-state index contributed by atoms with van der Waals surface area (Å²) in [6.45, 7) is 13.0. The third-order valence-electron chi connectivity index (χ3n) is 1.33. The van der Waals surface area contributed by atoms with E-state index in [-0.39, 0.29) is 7.43 Å². The number of hydrogen-bond donors (Lipinski definition) is 0. The first-order valence-corrected chi connectivity index (χ1v) is 3.64. The highest BCUT2D eigenvalue weighted by atomic mass is 14.0. The predicted molar refractivity (Wildman–Crippen MR) is 47.8 cm³/mol. The first kappa shape index (κ1) is 16.0. The fraction of sp³-hybridized carbons (Fsp3) is 1.00. The minimum absolute atomic E-state index is 0. The molecule has 0 aromatic rings. The van der Waals surface area contributed by atoms with Gasteiger partial charge in [0.2, 0.25) is 0 Å². The highest BCUT2D eigenvalue weighted by Crippen LogP contribution is 2.05. The lowest BCUT2D eigenvalue weighted by atomic mass is 10.0. The van der Waals surface area contributed by atoms with Crippen molar-refractivity contribution in [3.63, 3.8) is 0 Å². The van der Waals surface area contributed by atoms with Gasteiger partial charge in [-0.2, -0.15) is 0 Å². The topological polar surface area (TPSA) is 0 Å². The maximum atomic E-state index is 2.24. The van der Waals surface area contributed by atoms with Gasteiger partial charge < -0.3 is 0 Å². The molecule has 0 unspecified atom stereocenters. The molecule has 0 aromatic carbocycles. The Morgan fingerprint density at radius 1 is 0.667 bits per heavy atom. The second-order valence-corrected chi connectivity index (χ2v) is 2.49. The van der Waals surface area contributed by atoms with Crippen LogP contribution in [0.3, 0.4) is 0 Å². The van der Waals surface area contributed by atoms with Crippen LogP contribution in [0.25, 0.3) is 0 Å². The van der Waals surface area contributed by atoms with E-state index in [1.807, 2.05) is 13.8 Å². The second-order valence-electron chi connectivity index (χ2n) is 2.49. The Morgan fingerprint density at radius 3 is 0.778 bits per heavy atom. The van der Waals surface area contributed by atoms with Crippen molar-refractivity contribution in [2.75, 3.05) is 0 Å². The first-order valence-electron chi connectivity index (χ1n) is 3.64. The van der Waals surface area contributed by atoms with Crippen LogP contribution in [0.1, 0.15) is 49.0 Å². The average molecular weight is 132 g/mol. The first-order chi connectivity index (χ1) is 3.64. The van der Waals surface area contributed by atoms with Crippen LogP contribution in [0, 0.1) is 11.8 Å². The van der Waals surface area contributed by atoms with Crippen molar-refractivity contribution in [2.45, 2.75) is 49.0 Å². The maximum Gasteiger partial charge on any atom is -0.0448 e. The highest BCUT2D eigenvalue weighted by Gasteiger charge is 1.95. The molecule has 60 valence electrons. The van der Waals surface area contributed by atoms with Crippen LogP contribution in [0.4, 0.5) is 0 Å². The molecule has 0 aliphatic heterocycles. The predicted octanol–water partition coefficient (Wildman–Crippen LogP) is 3.96. The Balaban J connectivity index is -0.000000109. The van der Waals surface area contributed by atoms with Gasteiger partial charge >= 0.3 is 0 Å². The van der Waals surface area contributed by atoms with Gasteiger partial charge in [0.1, 0.15) is 0 Å². The van der Waals surface area contributed by atoms with Crippen molar-refractivity contribution < 1.29 is 0 Å². The maximum absolute atomic E-state index is 2.24. The summed E-state index contributed by atoms with van der Waals surface area (Å²) in [6, 6.07) is 0. The molecule has 0 radical (unpaired) electrons. The molecular weight excluding hydrogens is 108 g/mol. The van der Waals surface area contributed by atoms with Gasteiger partial charge in [-0.25, -0.2) is 0 Å². The minimum Gasteiger partial charge on any atom is -0.0776 e. The molecule has 0 bridgehead atoms. The molecule has 0 aromatic heterocycles. The molecule has 0 atom stereocenters. The Bertz CT molecular complexity index is 21.0. The van der Waals surface area contributed by atoms with Crippen molar-refractivity contribution >= 4 is 0 Å². The van der Waals surface area contributed by atoms with Crippen molar-refractivity contribution in [3.05, 3.63) is 0 Å². The van der Waals surface area contributed by atoms with E-state index in [1.165, 1.54) is 0 Å². The van der Waals surface area contributed by atoms with E-state index in [1.54, 1.807) is 0 Å². The van der Waals surface area contributed by atoms with Crippen LogP contribution >= 0.6 is 0 Å². The summed E-state index contributed by atoms with van der Waals surface area (Å²) in [5.41, 5.74) is 0. The molecule has 0 saturated carbocycles. The number of rotatable bonds is 1. The van der Waals surface area contributed by atoms with E-state index in [0.29, 0.717) is 0 Å². The molecule has 0 spiro atoms. The van der Waals surface area contributed by atoms with E-state index in [9.17, 15) is 0 Å². The zero-order valence-corrected chi connectivity index (χ0v) is 7.15. The normalized spacial score (nSPS) is 8.00. The third kappa shape index (κ3) is 18.0. The molecule has 0 heteroatoms. The largest absolute Gasteiger partial charge is 0.0776 e. The van der Waals surface area contributed by atoms with Crippen LogP contribution in [-0.4, -0.2) is 0 Å². The molecule has 0 amide bonds. The van der Waals surface area contributed by atoms with Gasteiger partial charge in [-0.1, -0.05) is 49.0 Å². The summed E-state index contributed by atoms with van der Waals surface area (Å²) < 4.78 is 0. The van der Waals surface area contributed by atoms with Gasteiger partial charge in [-0.15, -0.1) is 0 Å². The van der Waals surface area contributed by atoms with Crippen LogP contribution in [0.5, 0.6) is 0 Å². The van der Waals surface area contributed by atoms with Gasteiger partial charge in [-0.3, -0.25) is 0 Å². The molecule has 0 saturated heterocycles. The molecule has 0 fully saturated rings. The van der Waals surface area contributed by atoms with Crippen molar-refractivity contribution in [1.82, 2.24) is 0 Å². The van der Waals surface area contributed by atoms with E-state index in [4.69, 9.17) is 0 Å².